The van der Waals surface area contributed by atoms with Crippen molar-refractivity contribution >= 4 is 5.78 Å². The Morgan fingerprint density at radius 3 is 2.25 bits per heavy atom. The van der Waals surface area contributed by atoms with Gasteiger partial charge >= 0.3 is 5.78 Å². The van der Waals surface area contributed by atoms with Crippen LogP contribution in [0.2, 0.25) is 0 Å². The molecule has 0 heterocycles. The Morgan fingerprint density at radius 1 is 1.62 bits per heavy atom. The van der Waals surface area contributed by atoms with Crippen LogP contribution >= 0.6 is 0 Å². The minimum absolute atomic E-state index is 0.518. The lowest BCUT2D eigenvalue weighted by Gasteiger charge is -1.93. The lowest BCUT2D eigenvalue weighted by molar-refractivity contribution is -1.05. The Labute approximate surface area is 49.8 Å². The normalized spacial score (nSPS) is 12.8. The molecule has 8 heavy (non-hydrogen) atoms. The van der Waals surface area contributed by atoms with Crippen molar-refractivity contribution < 1.29 is 9.83 Å². The van der Waals surface area contributed by atoms with E-state index in [0.717, 1.165) is 6.42 Å². The SMILES string of the molecule is CC(CC(C)C)=[O+][O-]. The average Bonchev–Trinajstić information content (AvgIpc) is 1.65. The maximum absolute atomic E-state index is 9.63. The van der Waals surface area contributed by atoms with E-state index in [1.807, 2.05) is 13.8 Å². The fourth-order valence-electron chi connectivity index (χ4n) is 0.609. The van der Waals surface area contributed by atoms with Gasteiger partial charge in [-0.2, -0.15) is 4.58 Å². The molecule has 0 aliphatic carbocycles. The molecule has 0 saturated carbocycles. The van der Waals surface area contributed by atoms with Crippen LogP contribution in [0, 0.1) is 5.92 Å². The van der Waals surface area contributed by atoms with E-state index in [0.29, 0.717) is 11.7 Å². The molecule has 0 amide bonds. The third-order valence-electron chi connectivity index (χ3n) is 0.838. The summed E-state index contributed by atoms with van der Waals surface area (Å²) in [7, 11) is 0. The smallest absolute Gasteiger partial charge is 0.326 e. The second kappa shape index (κ2) is 3.47. The number of hydrogen-bond acceptors (Lipinski definition) is 1. The Kier molecular flexibility index (Phi) is 3.24. The zero-order chi connectivity index (χ0) is 6.57. The van der Waals surface area contributed by atoms with Crippen LogP contribution in [0.3, 0.4) is 0 Å². The first kappa shape index (κ1) is 7.47. The van der Waals surface area contributed by atoms with Gasteiger partial charge in [-0.15, -0.1) is 0 Å². The fraction of sp³-hybridized carbons (Fsp3) is 0.833. The monoisotopic (exact) mass is 116 g/mol. The van der Waals surface area contributed by atoms with Crippen molar-refractivity contribution in [2.75, 3.05) is 0 Å². The highest BCUT2D eigenvalue weighted by Gasteiger charge is 2.04. The van der Waals surface area contributed by atoms with Crippen LogP contribution in [0.4, 0.5) is 0 Å². The van der Waals surface area contributed by atoms with Gasteiger partial charge in [0.15, 0.2) is 0 Å². The summed E-state index contributed by atoms with van der Waals surface area (Å²) in [5.41, 5.74) is 0. The highest BCUT2D eigenvalue weighted by molar-refractivity contribution is 5.75. The van der Waals surface area contributed by atoms with E-state index in [1.54, 1.807) is 6.92 Å². The van der Waals surface area contributed by atoms with Crippen LogP contribution in [-0.4, -0.2) is 5.78 Å². The first-order valence-corrected chi connectivity index (χ1v) is 2.79. The lowest BCUT2D eigenvalue weighted by atomic mass is 10.1. The summed E-state index contributed by atoms with van der Waals surface area (Å²) in [5, 5.41) is 9.63. The Balaban J connectivity index is 3.39. The fourth-order valence-corrected chi connectivity index (χ4v) is 0.609. The molecule has 0 rings (SSSR count). The molecule has 0 aromatic heterocycles. The van der Waals surface area contributed by atoms with E-state index < -0.39 is 0 Å². The molecule has 0 aliphatic heterocycles. The summed E-state index contributed by atoms with van der Waals surface area (Å²) in [4.78, 5) is 0. The number of rotatable bonds is 2. The van der Waals surface area contributed by atoms with E-state index in [2.05, 4.69) is 4.58 Å². The zero-order valence-electron chi connectivity index (χ0n) is 5.60. The second-order valence-corrected chi connectivity index (χ2v) is 2.38. The average molecular weight is 116 g/mol. The third-order valence-corrected chi connectivity index (χ3v) is 0.838. The molecule has 0 aromatic carbocycles. The van der Waals surface area contributed by atoms with Gasteiger partial charge in [-0.3, -0.25) is 0 Å². The molecular weight excluding hydrogens is 104 g/mol. The minimum Gasteiger partial charge on any atom is -0.463 e. The summed E-state index contributed by atoms with van der Waals surface area (Å²) in [5.74, 6) is 1.09. The van der Waals surface area contributed by atoms with Crippen LogP contribution in [-0.2, 0) is 4.58 Å². The molecule has 0 atom stereocenters. The van der Waals surface area contributed by atoms with Gasteiger partial charge in [0, 0.05) is 0 Å². The highest BCUT2D eigenvalue weighted by Crippen LogP contribution is 1.98. The molecule has 0 aromatic rings. The first-order chi connectivity index (χ1) is 3.66. The molecule has 0 aliphatic rings. The molecule has 0 saturated heterocycles. The molecule has 0 unspecified atom stereocenters. The van der Waals surface area contributed by atoms with Gasteiger partial charge in [-0.05, 0) is 5.92 Å². The van der Waals surface area contributed by atoms with Crippen molar-refractivity contribution in [1.82, 2.24) is 0 Å². The summed E-state index contributed by atoms with van der Waals surface area (Å²) in [6, 6.07) is 0. The van der Waals surface area contributed by atoms with Gasteiger partial charge in [-0.1, -0.05) is 13.8 Å². The maximum Gasteiger partial charge on any atom is 0.326 e. The lowest BCUT2D eigenvalue weighted by Crippen LogP contribution is -2.08. The molecule has 0 N–H and O–H groups in total. The van der Waals surface area contributed by atoms with E-state index in [-0.39, 0.29) is 0 Å². The van der Waals surface area contributed by atoms with Crippen LogP contribution < -0.4 is 5.26 Å². The number of carbonyl (C=O) groups excluding carboxylic acids is 1. The van der Waals surface area contributed by atoms with E-state index in [9.17, 15) is 5.26 Å². The molecular formula is C6H12O2. The van der Waals surface area contributed by atoms with Crippen molar-refractivity contribution in [3.63, 3.8) is 0 Å². The Bertz CT molecular complexity index is 84.5. The van der Waals surface area contributed by atoms with Crippen molar-refractivity contribution in [3.05, 3.63) is 0 Å². The largest absolute Gasteiger partial charge is 0.463 e. The Hall–Kier alpha value is -0.530. The standard InChI is InChI=1S/C6H12O2/c1-5(2)4-6(3)8-7/h5H,4H2,1-3H3. The molecule has 2 heteroatoms. The van der Waals surface area contributed by atoms with Crippen molar-refractivity contribution in [1.29, 1.82) is 0 Å². The first-order valence-electron chi connectivity index (χ1n) is 2.79. The number of hydrogen-bond donors (Lipinski definition) is 0. The number of ketones is 1. The predicted octanol–water partition coefficient (Wildman–Crippen LogP) is 0.432. The Morgan fingerprint density at radius 2 is 2.12 bits per heavy atom. The zero-order valence-corrected chi connectivity index (χ0v) is 5.60. The van der Waals surface area contributed by atoms with Gasteiger partial charge in [0.1, 0.15) is 0 Å². The topological polar surface area (TPSA) is 34.4 Å². The van der Waals surface area contributed by atoms with Gasteiger partial charge < -0.3 is 5.26 Å². The molecule has 0 fully saturated rings. The van der Waals surface area contributed by atoms with Crippen LogP contribution in [0.25, 0.3) is 0 Å². The van der Waals surface area contributed by atoms with Gasteiger partial charge in [0.05, 0.1) is 13.3 Å². The van der Waals surface area contributed by atoms with Crippen LogP contribution in [0.1, 0.15) is 27.2 Å². The van der Waals surface area contributed by atoms with E-state index in [1.165, 1.54) is 0 Å². The van der Waals surface area contributed by atoms with Crippen molar-refractivity contribution in [2.45, 2.75) is 27.2 Å². The van der Waals surface area contributed by atoms with Gasteiger partial charge in [0.2, 0.25) is 0 Å². The van der Waals surface area contributed by atoms with Gasteiger partial charge in [0.25, 0.3) is 0 Å². The van der Waals surface area contributed by atoms with Gasteiger partial charge in [-0.25, -0.2) is 0 Å². The maximum atomic E-state index is 9.63. The van der Waals surface area contributed by atoms with Crippen molar-refractivity contribution in [3.8, 4) is 0 Å². The molecule has 48 valence electrons. The molecule has 0 bridgehead atoms. The highest BCUT2D eigenvalue weighted by atomic mass is 17.1. The molecule has 2 nitrogen and oxygen atoms in total. The molecule has 0 spiro atoms. The molecule has 0 radical (unpaired) electrons. The van der Waals surface area contributed by atoms with Crippen molar-refractivity contribution in [2.24, 2.45) is 5.92 Å². The van der Waals surface area contributed by atoms with Crippen LogP contribution in [0.15, 0.2) is 0 Å². The summed E-state index contributed by atoms with van der Waals surface area (Å²) < 4.78 is 3.73. The third kappa shape index (κ3) is 3.65. The quantitative estimate of drug-likeness (QED) is 0.293. The summed E-state index contributed by atoms with van der Waals surface area (Å²) in [6.45, 7) is 5.79. The second-order valence-electron chi connectivity index (χ2n) is 2.38. The summed E-state index contributed by atoms with van der Waals surface area (Å²) >= 11 is 0. The van der Waals surface area contributed by atoms with Crippen LogP contribution in [0.5, 0.6) is 0 Å². The predicted molar refractivity (Wildman–Crippen MR) is 30.1 cm³/mol. The van der Waals surface area contributed by atoms with E-state index >= 15 is 0 Å². The summed E-state index contributed by atoms with van der Waals surface area (Å²) in [6.07, 6.45) is 0.767. The van der Waals surface area contributed by atoms with E-state index in [4.69, 9.17) is 0 Å². The minimum atomic E-state index is 0.518.